The number of nitrogens with two attached hydrogens (primary N) is 1. The lowest BCUT2D eigenvalue weighted by Crippen LogP contribution is -2.45. The van der Waals surface area contributed by atoms with Crippen molar-refractivity contribution < 1.29 is 0 Å². The Labute approximate surface area is 121 Å². The summed E-state index contributed by atoms with van der Waals surface area (Å²) >= 11 is 2.08. The normalized spacial score (nSPS) is 22.9. The Morgan fingerprint density at radius 3 is 2.63 bits per heavy atom. The van der Waals surface area contributed by atoms with Gasteiger partial charge in [0.05, 0.1) is 0 Å². The summed E-state index contributed by atoms with van der Waals surface area (Å²) in [5, 5.41) is 0. The van der Waals surface area contributed by atoms with Crippen LogP contribution in [-0.4, -0.2) is 35.0 Å². The van der Waals surface area contributed by atoms with Gasteiger partial charge < -0.3 is 10.6 Å². The summed E-state index contributed by atoms with van der Waals surface area (Å²) in [6, 6.07) is 10.6. The maximum atomic E-state index is 6.39. The van der Waals surface area contributed by atoms with Crippen LogP contribution in [0.5, 0.6) is 0 Å². The maximum Gasteiger partial charge on any atom is 0.0333 e. The van der Waals surface area contributed by atoms with Crippen molar-refractivity contribution in [2.75, 3.05) is 25.4 Å². The molecule has 1 aliphatic rings. The molecule has 0 spiro atoms. The lowest BCUT2D eigenvalue weighted by atomic mass is 9.94. The van der Waals surface area contributed by atoms with Crippen LogP contribution in [0, 0.1) is 5.92 Å². The fourth-order valence-corrected chi connectivity index (χ4v) is 3.97. The molecular formula is C16H26N2S. The minimum atomic E-state index is 0.138. The molecular weight excluding hydrogens is 252 g/mol. The van der Waals surface area contributed by atoms with E-state index in [1.54, 1.807) is 0 Å². The van der Waals surface area contributed by atoms with Crippen molar-refractivity contribution >= 4 is 11.8 Å². The minimum absolute atomic E-state index is 0.138. The van der Waals surface area contributed by atoms with Gasteiger partial charge in [0.25, 0.3) is 0 Å². The van der Waals surface area contributed by atoms with E-state index < -0.39 is 0 Å². The number of benzene rings is 1. The van der Waals surface area contributed by atoms with Gasteiger partial charge in [-0.3, -0.25) is 0 Å². The predicted octanol–water partition coefficient (Wildman–Crippen LogP) is 3.15. The summed E-state index contributed by atoms with van der Waals surface area (Å²) in [6.45, 7) is 10.4. The summed E-state index contributed by atoms with van der Waals surface area (Å²) in [7, 11) is 0. The van der Waals surface area contributed by atoms with Crippen molar-refractivity contribution in [2.45, 2.75) is 31.6 Å². The molecule has 0 radical (unpaired) electrons. The number of hydrogen-bond donors (Lipinski definition) is 1. The minimum Gasteiger partial charge on any atom is -0.324 e. The third-order valence-electron chi connectivity index (χ3n) is 3.85. The topological polar surface area (TPSA) is 29.3 Å². The monoisotopic (exact) mass is 278 g/mol. The molecule has 0 aliphatic carbocycles. The van der Waals surface area contributed by atoms with Gasteiger partial charge in [-0.2, -0.15) is 11.8 Å². The van der Waals surface area contributed by atoms with E-state index in [1.807, 2.05) is 6.07 Å². The molecule has 1 saturated heterocycles. The third-order valence-corrected chi connectivity index (χ3v) is 5.15. The van der Waals surface area contributed by atoms with Crippen molar-refractivity contribution in [2.24, 2.45) is 11.7 Å². The zero-order chi connectivity index (χ0) is 13.9. The fourth-order valence-electron chi connectivity index (χ4n) is 2.79. The van der Waals surface area contributed by atoms with Crippen LogP contribution < -0.4 is 5.73 Å². The summed E-state index contributed by atoms with van der Waals surface area (Å²) in [4.78, 5) is 2.57. The van der Waals surface area contributed by atoms with Crippen LogP contribution in [0.15, 0.2) is 30.3 Å². The highest BCUT2D eigenvalue weighted by atomic mass is 32.2. The molecule has 2 atom stereocenters. The van der Waals surface area contributed by atoms with Crippen LogP contribution in [0.25, 0.3) is 0 Å². The molecule has 106 valence electrons. The fraction of sp³-hybridized carbons (Fsp3) is 0.625. The van der Waals surface area contributed by atoms with Gasteiger partial charge in [-0.1, -0.05) is 37.3 Å². The first kappa shape index (κ1) is 14.9. The van der Waals surface area contributed by atoms with E-state index in [2.05, 4.69) is 61.7 Å². The van der Waals surface area contributed by atoms with Gasteiger partial charge >= 0.3 is 0 Å². The van der Waals surface area contributed by atoms with Crippen LogP contribution >= 0.6 is 11.8 Å². The zero-order valence-electron chi connectivity index (χ0n) is 12.3. The molecule has 1 fully saturated rings. The van der Waals surface area contributed by atoms with E-state index >= 15 is 0 Å². The van der Waals surface area contributed by atoms with Crippen LogP contribution in [0.2, 0.25) is 0 Å². The molecule has 1 aromatic carbocycles. The highest BCUT2D eigenvalue weighted by molar-refractivity contribution is 8.00. The maximum absolute atomic E-state index is 6.39. The van der Waals surface area contributed by atoms with Crippen molar-refractivity contribution in [1.29, 1.82) is 0 Å². The second kappa shape index (κ2) is 6.29. The zero-order valence-corrected chi connectivity index (χ0v) is 13.1. The molecule has 0 saturated carbocycles. The Kier molecular flexibility index (Phi) is 4.93. The first-order valence-corrected chi connectivity index (χ1v) is 8.13. The second-order valence-corrected chi connectivity index (χ2v) is 8.06. The molecule has 0 bridgehead atoms. The number of rotatable bonds is 4. The highest BCUT2D eigenvalue weighted by Gasteiger charge is 2.28. The van der Waals surface area contributed by atoms with Gasteiger partial charge in [-0.15, -0.1) is 0 Å². The standard InChI is InChI=1S/C16H26N2S/c1-13(15(17)14-7-5-4-6-8-14)11-18-9-10-19-16(2,3)12-18/h4-8,13,15H,9-12,17H2,1-3H3. The number of nitrogens with zero attached hydrogens (tertiary/aromatic N) is 1. The predicted molar refractivity (Wildman–Crippen MR) is 85.5 cm³/mol. The lowest BCUT2D eigenvalue weighted by molar-refractivity contribution is 0.213. The molecule has 2 unspecified atom stereocenters. The quantitative estimate of drug-likeness (QED) is 0.917. The molecule has 0 amide bonds. The highest BCUT2D eigenvalue weighted by Crippen LogP contribution is 2.30. The van der Waals surface area contributed by atoms with E-state index in [-0.39, 0.29) is 6.04 Å². The first-order chi connectivity index (χ1) is 8.98. The van der Waals surface area contributed by atoms with E-state index in [0.29, 0.717) is 10.7 Å². The van der Waals surface area contributed by atoms with Crippen LogP contribution in [0.1, 0.15) is 32.4 Å². The van der Waals surface area contributed by atoms with E-state index in [1.165, 1.54) is 24.4 Å². The van der Waals surface area contributed by atoms with Crippen LogP contribution in [0.4, 0.5) is 0 Å². The lowest BCUT2D eigenvalue weighted by Gasteiger charge is -2.39. The van der Waals surface area contributed by atoms with Crippen molar-refractivity contribution in [3.8, 4) is 0 Å². The van der Waals surface area contributed by atoms with Crippen molar-refractivity contribution in [3.63, 3.8) is 0 Å². The molecule has 2 N–H and O–H groups in total. The third kappa shape index (κ3) is 4.23. The Bertz CT molecular complexity index is 391. The molecule has 1 heterocycles. The summed E-state index contributed by atoms with van der Waals surface area (Å²) in [5.74, 6) is 1.72. The number of hydrogen-bond acceptors (Lipinski definition) is 3. The van der Waals surface area contributed by atoms with Gasteiger partial charge in [0.2, 0.25) is 0 Å². The van der Waals surface area contributed by atoms with E-state index in [9.17, 15) is 0 Å². The van der Waals surface area contributed by atoms with Gasteiger partial charge in [0.15, 0.2) is 0 Å². The van der Waals surface area contributed by atoms with Gasteiger partial charge in [0, 0.05) is 36.2 Å². The molecule has 0 aromatic heterocycles. The Balaban J connectivity index is 1.92. The SMILES string of the molecule is CC(CN1CCSC(C)(C)C1)C(N)c1ccccc1. The second-order valence-electron chi connectivity index (χ2n) is 6.26. The summed E-state index contributed by atoms with van der Waals surface area (Å²) in [6.07, 6.45) is 0. The summed E-state index contributed by atoms with van der Waals surface area (Å²) in [5.41, 5.74) is 7.64. The Hall–Kier alpha value is -0.510. The van der Waals surface area contributed by atoms with Crippen LogP contribution in [-0.2, 0) is 0 Å². The summed E-state index contributed by atoms with van der Waals surface area (Å²) < 4.78 is 0.384. The largest absolute Gasteiger partial charge is 0.324 e. The van der Waals surface area contributed by atoms with Gasteiger partial charge in [-0.25, -0.2) is 0 Å². The molecule has 1 aliphatic heterocycles. The van der Waals surface area contributed by atoms with E-state index in [0.717, 1.165) is 6.54 Å². The average Bonchev–Trinajstić information content (AvgIpc) is 2.37. The van der Waals surface area contributed by atoms with Crippen LogP contribution in [0.3, 0.4) is 0 Å². The van der Waals surface area contributed by atoms with Gasteiger partial charge in [-0.05, 0) is 25.3 Å². The number of thioether (sulfide) groups is 1. The van der Waals surface area contributed by atoms with Crippen molar-refractivity contribution in [3.05, 3.63) is 35.9 Å². The molecule has 2 nitrogen and oxygen atoms in total. The van der Waals surface area contributed by atoms with Gasteiger partial charge in [0.1, 0.15) is 0 Å². The molecule has 3 heteroatoms. The smallest absolute Gasteiger partial charge is 0.0333 e. The Morgan fingerprint density at radius 1 is 1.32 bits per heavy atom. The Morgan fingerprint density at radius 2 is 2.00 bits per heavy atom. The van der Waals surface area contributed by atoms with Crippen molar-refractivity contribution in [1.82, 2.24) is 4.90 Å². The molecule has 1 aromatic rings. The molecule has 19 heavy (non-hydrogen) atoms. The first-order valence-electron chi connectivity index (χ1n) is 7.15. The molecule has 2 rings (SSSR count). The average molecular weight is 278 g/mol. The van der Waals surface area contributed by atoms with E-state index in [4.69, 9.17) is 5.73 Å².